The lowest BCUT2D eigenvalue weighted by Gasteiger charge is -2.25. The summed E-state index contributed by atoms with van der Waals surface area (Å²) in [5, 5.41) is 14.8. The van der Waals surface area contributed by atoms with Crippen LogP contribution in [0, 0.1) is 0 Å². The number of nitrogens with one attached hydrogen (secondary N) is 1. The summed E-state index contributed by atoms with van der Waals surface area (Å²) < 4.78 is 3.15. The number of aromatic amines is 1. The molecule has 0 unspecified atom stereocenters. The maximum Gasteiger partial charge on any atom is 0.338 e. The van der Waals surface area contributed by atoms with Crippen molar-refractivity contribution in [1.82, 2.24) is 29.1 Å². The second-order valence-corrected chi connectivity index (χ2v) is 7.58. The van der Waals surface area contributed by atoms with E-state index in [-0.39, 0.29) is 17.7 Å². The SMILES string of the molecule is CCCN(Cc1nn2cccc2c(=O)n1-c1ccccc1)c1ncnc2[nH]cc(C(=O)O)c12. The summed E-state index contributed by atoms with van der Waals surface area (Å²) in [5.41, 5.74) is 1.51. The van der Waals surface area contributed by atoms with Crippen molar-refractivity contribution < 1.29 is 9.90 Å². The molecule has 10 heteroatoms. The van der Waals surface area contributed by atoms with Gasteiger partial charge in [-0.05, 0) is 30.7 Å². The summed E-state index contributed by atoms with van der Waals surface area (Å²) in [7, 11) is 0. The van der Waals surface area contributed by atoms with Crippen LogP contribution < -0.4 is 10.5 Å². The lowest BCUT2D eigenvalue weighted by molar-refractivity contribution is 0.0699. The normalized spacial score (nSPS) is 11.3. The number of anilines is 1. The smallest absolute Gasteiger partial charge is 0.338 e. The van der Waals surface area contributed by atoms with Crippen LogP contribution in [0.15, 0.2) is 66.0 Å². The topological polar surface area (TPSA) is 121 Å². The molecule has 0 spiro atoms. The minimum atomic E-state index is -1.07. The van der Waals surface area contributed by atoms with Crippen molar-refractivity contribution in [3.8, 4) is 5.69 Å². The van der Waals surface area contributed by atoms with Crippen molar-refractivity contribution in [1.29, 1.82) is 0 Å². The number of hydrogen-bond donors (Lipinski definition) is 2. The molecule has 2 N–H and O–H groups in total. The number of carboxylic acids is 1. The molecule has 5 aromatic rings. The Morgan fingerprint density at radius 2 is 1.97 bits per heavy atom. The fourth-order valence-corrected chi connectivity index (χ4v) is 4.03. The first-order chi connectivity index (χ1) is 16.1. The van der Waals surface area contributed by atoms with E-state index in [0.29, 0.717) is 40.4 Å². The molecule has 4 heterocycles. The first-order valence-electron chi connectivity index (χ1n) is 10.5. The van der Waals surface area contributed by atoms with Gasteiger partial charge < -0.3 is 15.0 Å². The van der Waals surface area contributed by atoms with Gasteiger partial charge in [-0.3, -0.25) is 9.36 Å². The van der Waals surface area contributed by atoms with Crippen LogP contribution in [0.4, 0.5) is 5.82 Å². The molecule has 4 aromatic heterocycles. The third-order valence-electron chi connectivity index (χ3n) is 5.45. The molecule has 0 fully saturated rings. The van der Waals surface area contributed by atoms with Crippen molar-refractivity contribution in [3.05, 3.63) is 82.9 Å². The van der Waals surface area contributed by atoms with Gasteiger partial charge in [0.2, 0.25) is 0 Å². The summed E-state index contributed by atoms with van der Waals surface area (Å²) >= 11 is 0. The van der Waals surface area contributed by atoms with E-state index in [0.717, 1.165) is 6.42 Å². The monoisotopic (exact) mass is 443 g/mol. The van der Waals surface area contributed by atoms with E-state index in [1.54, 1.807) is 27.4 Å². The van der Waals surface area contributed by atoms with E-state index in [9.17, 15) is 14.7 Å². The molecule has 0 aliphatic carbocycles. The molecule has 1 aromatic carbocycles. The molecule has 10 nitrogen and oxygen atoms in total. The largest absolute Gasteiger partial charge is 0.478 e. The van der Waals surface area contributed by atoms with Crippen LogP contribution in [0.2, 0.25) is 0 Å². The molecule has 0 saturated carbocycles. The third-order valence-corrected chi connectivity index (χ3v) is 5.45. The molecular formula is C23H21N7O3. The molecule has 0 aliphatic heterocycles. The zero-order valence-corrected chi connectivity index (χ0v) is 17.8. The first-order valence-corrected chi connectivity index (χ1v) is 10.5. The fraction of sp³-hybridized carbons (Fsp3) is 0.174. The molecule has 0 radical (unpaired) electrons. The summed E-state index contributed by atoms with van der Waals surface area (Å²) in [6.07, 6.45) is 5.32. The minimum Gasteiger partial charge on any atom is -0.478 e. The highest BCUT2D eigenvalue weighted by molar-refractivity contribution is 6.06. The summed E-state index contributed by atoms with van der Waals surface area (Å²) in [4.78, 5) is 38.6. The van der Waals surface area contributed by atoms with Gasteiger partial charge in [0, 0.05) is 18.9 Å². The van der Waals surface area contributed by atoms with Gasteiger partial charge in [-0.1, -0.05) is 25.1 Å². The Morgan fingerprint density at radius 1 is 1.15 bits per heavy atom. The lowest BCUT2D eigenvalue weighted by Crippen LogP contribution is -2.32. The predicted molar refractivity (Wildman–Crippen MR) is 123 cm³/mol. The highest BCUT2D eigenvalue weighted by atomic mass is 16.4. The zero-order valence-electron chi connectivity index (χ0n) is 17.8. The minimum absolute atomic E-state index is 0.0935. The van der Waals surface area contributed by atoms with Crippen LogP contribution >= 0.6 is 0 Å². The summed E-state index contributed by atoms with van der Waals surface area (Å²) in [6, 6.07) is 12.8. The van der Waals surface area contributed by atoms with Crippen molar-refractivity contribution in [2.75, 3.05) is 11.4 Å². The average molecular weight is 443 g/mol. The second-order valence-electron chi connectivity index (χ2n) is 7.58. The molecule has 0 atom stereocenters. The Hall–Kier alpha value is -4.47. The highest BCUT2D eigenvalue weighted by Crippen LogP contribution is 2.28. The van der Waals surface area contributed by atoms with Gasteiger partial charge in [0.05, 0.1) is 23.2 Å². The average Bonchev–Trinajstić information content (AvgIpc) is 3.47. The van der Waals surface area contributed by atoms with Crippen LogP contribution in [0.25, 0.3) is 22.2 Å². The van der Waals surface area contributed by atoms with E-state index >= 15 is 0 Å². The van der Waals surface area contributed by atoms with Crippen LogP contribution in [-0.2, 0) is 6.54 Å². The standard InChI is InChI=1S/C23H21N7O3/c1-2-10-28(21-19-16(23(32)33)12-24-20(19)25-14-26-21)13-18-27-29-11-6-9-17(29)22(31)30(18)15-7-4-3-5-8-15/h3-9,11-12,14H,2,10,13H2,1H3,(H,32,33)(H,24,25,26). The zero-order chi connectivity index (χ0) is 22.9. The Bertz CT molecular complexity index is 1520. The molecule has 5 rings (SSSR count). The number of benzene rings is 1. The van der Waals surface area contributed by atoms with Crippen molar-refractivity contribution >= 4 is 28.3 Å². The Kier molecular flexibility index (Phi) is 5.09. The van der Waals surface area contributed by atoms with Crippen molar-refractivity contribution in [3.63, 3.8) is 0 Å². The molecule has 0 amide bonds. The molecule has 33 heavy (non-hydrogen) atoms. The molecule has 0 bridgehead atoms. The highest BCUT2D eigenvalue weighted by Gasteiger charge is 2.22. The van der Waals surface area contributed by atoms with Gasteiger partial charge in [-0.2, -0.15) is 5.10 Å². The van der Waals surface area contributed by atoms with Crippen molar-refractivity contribution in [2.45, 2.75) is 19.9 Å². The number of fused-ring (bicyclic) bond motifs is 2. The van der Waals surface area contributed by atoms with E-state index < -0.39 is 5.97 Å². The quantitative estimate of drug-likeness (QED) is 0.397. The van der Waals surface area contributed by atoms with Gasteiger partial charge in [0.25, 0.3) is 5.56 Å². The van der Waals surface area contributed by atoms with E-state index in [4.69, 9.17) is 5.10 Å². The number of aromatic nitrogens is 6. The van der Waals surface area contributed by atoms with Crippen LogP contribution in [0.3, 0.4) is 0 Å². The maximum absolute atomic E-state index is 13.4. The number of rotatable bonds is 7. The Balaban J connectivity index is 1.70. The maximum atomic E-state index is 13.4. The first kappa shape index (κ1) is 20.4. The van der Waals surface area contributed by atoms with E-state index in [1.165, 1.54) is 12.5 Å². The fourth-order valence-electron chi connectivity index (χ4n) is 4.03. The molecular weight excluding hydrogens is 422 g/mol. The van der Waals surface area contributed by atoms with E-state index in [2.05, 4.69) is 15.0 Å². The van der Waals surface area contributed by atoms with Crippen LogP contribution in [0.5, 0.6) is 0 Å². The Labute approximate surface area is 187 Å². The van der Waals surface area contributed by atoms with Gasteiger partial charge in [-0.25, -0.2) is 19.3 Å². The van der Waals surface area contributed by atoms with Crippen LogP contribution in [-0.4, -0.2) is 46.8 Å². The summed E-state index contributed by atoms with van der Waals surface area (Å²) in [6.45, 7) is 2.83. The number of hydrogen-bond acceptors (Lipinski definition) is 6. The van der Waals surface area contributed by atoms with Crippen molar-refractivity contribution in [2.24, 2.45) is 0 Å². The van der Waals surface area contributed by atoms with Gasteiger partial charge in [0.1, 0.15) is 23.3 Å². The molecule has 0 saturated heterocycles. The second kappa shape index (κ2) is 8.23. The van der Waals surface area contributed by atoms with Gasteiger partial charge in [-0.15, -0.1) is 0 Å². The number of carbonyl (C=O) groups is 1. The van der Waals surface area contributed by atoms with E-state index in [1.807, 2.05) is 42.2 Å². The van der Waals surface area contributed by atoms with Gasteiger partial charge >= 0.3 is 5.97 Å². The predicted octanol–water partition coefficient (Wildman–Crippen LogP) is 2.87. The van der Waals surface area contributed by atoms with Crippen LogP contribution in [0.1, 0.15) is 29.5 Å². The number of H-pyrrole nitrogens is 1. The summed E-state index contributed by atoms with van der Waals surface area (Å²) in [5.74, 6) is -0.0914. The number of para-hydroxylation sites is 1. The number of aromatic carboxylic acids is 1. The molecule has 0 aliphatic rings. The lowest BCUT2D eigenvalue weighted by atomic mass is 10.2. The Morgan fingerprint density at radius 3 is 2.73 bits per heavy atom. The van der Waals surface area contributed by atoms with Gasteiger partial charge in [0.15, 0.2) is 5.82 Å². The number of carboxylic acid groups (broad SMARTS) is 1. The third kappa shape index (κ3) is 3.51. The number of nitrogens with zero attached hydrogens (tertiary/aromatic N) is 6. The molecule has 166 valence electrons.